The van der Waals surface area contributed by atoms with Gasteiger partial charge in [0.05, 0.1) is 11.5 Å². The Hall–Kier alpha value is -4.05. The molecule has 1 unspecified atom stereocenters. The molecule has 0 amide bonds. The Morgan fingerprint density at radius 1 is 1.00 bits per heavy atom. The highest BCUT2D eigenvalue weighted by Gasteiger charge is 2.43. The van der Waals surface area contributed by atoms with Crippen LogP contribution in [0.2, 0.25) is 0 Å². The monoisotopic (exact) mass is 372 g/mol. The molecule has 2 N–H and O–H groups in total. The van der Waals surface area contributed by atoms with E-state index >= 15 is 0 Å². The molecule has 28 heavy (non-hydrogen) atoms. The summed E-state index contributed by atoms with van der Waals surface area (Å²) in [6, 6.07) is 13.6. The van der Waals surface area contributed by atoms with E-state index < -0.39 is 11.7 Å². The first kappa shape index (κ1) is 16.1. The minimum atomic E-state index is -0.840. The SMILES string of the molecule is N#CC1=C(N)OC2=C(C(=O)c3ccccc3C2=O)C1c1ccc2c(c1)OCO2. The van der Waals surface area contributed by atoms with Gasteiger partial charge in [0, 0.05) is 11.1 Å². The summed E-state index contributed by atoms with van der Waals surface area (Å²) in [5.74, 6) is -0.904. The third-order valence-corrected chi connectivity index (χ3v) is 5.02. The molecule has 5 rings (SSSR count). The van der Waals surface area contributed by atoms with Crippen molar-refractivity contribution < 1.29 is 23.8 Å². The van der Waals surface area contributed by atoms with Crippen LogP contribution in [0.15, 0.2) is 65.3 Å². The van der Waals surface area contributed by atoms with Crippen molar-refractivity contribution in [2.45, 2.75) is 5.92 Å². The van der Waals surface area contributed by atoms with Crippen molar-refractivity contribution >= 4 is 11.6 Å². The lowest BCUT2D eigenvalue weighted by Crippen LogP contribution is -2.32. The number of carbonyl (C=O) groups excluding carboxylic acids is 2. The Kier molecular flexibility index (Phi) is 3.30. The average molecular weight is 372 g/mol. The maximum atomic E-state index is 13.3. The smallest absolute Gasteiger partial charge is 0.231 e. The zero-order valence-corrected chi connectivity index (χ0v) is 14.4. The van der Waals surface area contributed by atoms with Crippen molar-refractivity contribution in [3.05, 3.63) is 81.9 Å². The molecule has 1 atom stereocenters. The predicted octanol–water partition coefficient (Wildman–Crippen LogP) is 2.56. The predicted molar refractivity (Wildman–Crippen MR) is 95.3 cm³/mol. The minimum Gasteiger partial charge on any atom is -0.454 e. The van der Waals surface area contributed by atoms with E-state index in [2.05, 4.69) is 0 Å². The van der Waals surface area contributed by atoms with Gasteiger partial charge < -0.3 is 19.9 Å². The molecule has 0 aromatic heterocycles. The number of nitrogens with two attached hydrogens (primary N) is 1. The number of hydrogen-bond acceptors (Lipinski definition) is 7. The normalized spacial score (nSPS) is 19.8. The molecule has 2 aliphatic heterocycles. The third kappa shape index (κ3) is 2.09. The number of rotatable bonds is 1. The second-order valence-corrected chi connectivity index (χ2v) is 6.48. The maximum Gasteiger partial charge on any atom is 0.231 e. The van der Waals surface area contributed by atoms with E-state index in [0.29, 0.717) is 17.1 Å². The number of allylic oxidation sites excluding steroid dienone is 3. The number of fused-ring (bicyclic) bond motifs is 2. The number of Topliss-reactive ketones (excluding diaryl/α,β-unsaturated/α-hetero) is 2. The number of nitriles is 1. The maximum absolute atomic E-state index is 13.3. The van der Waals surface area contributed by atoms with Crippen molar-refractivity contribution in [3.63, 3.8) is 0 Å². The molecule has 0 bridgehead atoms. The largest absolute Gasteiger partial charge is 0.454 e. The van der Waals surface area contributed by atoms with Gasteiger partial charge in [-0.15, -0.1) is 0 Å². The number of nitrogens with zero attached hydrogens (tertiary/aromatic N) is 1. The lowest BCUT2D eigenvalue weighted by atomic mass is 9.75. The summed E-state index contributed by atoms with van der Waals surface area (Å²) in [5.41, 5.74) is 7.23. The first-order chi connectivity index (χ1) is 13.6. The van der Waals surface area contributed by atoms with Crippen LogP contribution in [0.25, 0.3) is 0 Å². The molecule has 2 heterocycles. The van der Waals surface area contributed by atoms with Gasteiger partial charge in [0.1, 0.15) is 11.6 Å². The first-order valence-electron chi connectivity index (χ1n) is 8.50. The number of carbonyl (C=O) groups is 2. The summed E-state index contributed by atoms with van der Waals surface area (Å²) in [6.45, 7) is 0.0917. The second-order valence-electron chi connectivity index (χ2n) is 6.48. The third-order valence-electron chi connectivity index (χ3n) is 5.02. The fourth-order valence-corrected chi connectivity index (χ4v) is 3.73. The van der Waals surface area contributed by atoms with E-state index in [1.54, 1.807) is 42.5 Å². The van der Waals surface area contributed by atoms with Gasteiger partial charge >= 0.3 is 0 Å². The summed E-state index contributed by atoms with van der Waals surface area (Å²) in [4.78, 5) is 26.2. The first-order valence-corrected chi connectivity index (χ1v) is 8.50. The van der Waals surface area contributed by atoms with Gasteiger partial charge in [-0.25, -0.2) is 0 Å². The van der Waals surface area contributed by atoms with Gasteiger partial charge in [-0.05, 0) is 17.7 Å². The van der Waals surface area contributed by atoms with Crippen LogP contribution in [-0.4, -0.2) is 18.4 Å². The van der Waals surface area contributed by atoms with Crippen molar-refractivity contribution in [2.75, 3.05) is 6.79 Å². The quantitative estimate of drug-likeness (QED) is 0.819. The molecular weight excluding hydrogens is 360 g/mol. The zero-order valence-electron chi connectivity index (χ0n) is 14.4. The van der Waals surface area contributed by atoms with E-state index in [0.717, 1.165) is 0 Å². The molecule has 0 radical (unpaired) electrons. The van der Waals surface area contributed by atoms with Crippen LogP contribution in [0.5, 0.6) is 11.5 Å². The van der Waals surface area contributed by atoms with Crippen LogP contribution < -0.4 is 15.2 Å². The zero-order chi connectivity index (χ0) is 19.4. The fourth-order valence-electron chi connectivity index (χ4n) is 3.73. The Morgan fingerprint density at radius 3 is 2.46 bits per heavy atom. The van der Waals surface area contributed by atoms with Gasteiger partial charge in [-0.2, -0.15) is 5.26 Å². The highest BCUT2D eigenvalue weighted by Crippen LogP contribution is 2.46. The Balaban J connectivity index is 1.74. The number of hydrogen-bond donors (Lipinski definition) is 1. The van der Waals surface area contributed by atoms with E-state index in [-0.39, 0.29) is 46.5 Å². The van der Waals surface area contributed by atoms with Crippen LogP contribution >= 0.6 is 0 Å². The van der Waals surface area contributed by atoms with Gasteiger partial charge in [-0.3, -0.25) is 9.59 Å². The number of benzene rings is 2. The molecular formula is C21H12N2O5. The topological polar surface area (TPSA) is 112 Å². The molecule has 7 heteroatoms. The van der Waals surface area contributed by atoms with E-state index in [4.69, 9.17) is 19.9 Å². The van der Waals surface area contributed by atoms with Gasteiger partial charge in [0.15, 0.2) is 23.0 Å². The molecule has 0 spiro atoms. The standard InChI is InChI=1S/C21H12N2O5/c22-8-13-16(10-5-6-14-15(7-10)27-9-26-14)17-18(24)11-3-1-2-4-12(11)19(25)20(17)28-21(13)23/h1-7,16H,9,23H2. The Bertz CT molecular complexity index is 1190. The molecule has 7 nitrogen and oxygen atoms in total. The van der Waals surface area contributed by atoms with Crippen molar-refractivity contribution in [3.8, 4) is 17.6 Å². The summed E-state index contributed by atoms with van der Waals surface area (Å²) in [7, 11) is 0. The van der Waals surface area contributed by atoms with Crippen LogP contribution in [-0.2, 0) is 4.74 Å². The summed E-state index contributed by atoms with van der Waals surface area (Å²) in [6.07, 6.45) is 0. The van der Waals surface area contributed by atoms with Crippen LogP contribution in [0.1, 0.15) is 32.2 Å². The van der Waals surface area contributed by atoms with Crippen molar-refractivity contribution in [1.29, 1.82) is 5.26 Å². The Labute approximate surface area is 159 Å². The molecule has 136 valence electrons. The lowest BCUT2D eigenvalue weighted by Gasteiger charge is -2.30. The lowest BCUT2D eigenvalue weighted by molar-refractivity contribution is 0.0897. The Morgan fingerprint density at radius 2 is 1.71 bits per heavy atom. The van der Waals surface area contributed by atoms with E-state index in [9.17, 15) is 14.9 Å². The van der Waals surface area contributed by atoms with E-state index in [1.165, 1.54) is 0 Å². The molecule has 0 saturated heterocycles. The molecule has 0 fully saturated rings. The molecule has 0 saturated carbocycles. The van der Waals surface area contributed by atoms with Crippen LogP contribution in [0.3, 0.4) is 0 Å². The van der Waals surface area contributed by atoms with Gasteiger partial charge in [0.25, 0.3) is 0 Å². The van der Waals surface area contributed by atoms with Crippen LogP contribution in [0, 0.1) is 11.3 Å². The summed E-state index contributed by atoms with van der Waals surface area (Å²) >= 11 is 0. The second kappa shape index (κ2) is 5.72. The summed E-state index contributed by atoms with van der Waals surface area (Å²) < 4.78 is 16.2. The van der Waals surface area contributed by atoms with Gasteiger partial charge in [-0.1, -0.05) is 30.3 Å². The average Bonchev–Trinajstić information content (AvgIpc) is 3.19. The fraction of sp³-hybridized carbons (Fsp3) is 0.0952. The molecule has 3 aliphatic rings. The van der Waals surface area contributed by atoms with E-state index in [1.807, 2.05) is 6.07 Å². The molecule has 2 aromatic rings. The van der Waals surface area contributed by atoms with Gasteiger partial charge in [0.2, 0.25) is 18.5 Å². The molecule has 1 aliphatic carbocycles. The number of ketones is 2. The summed E-state index contributed by atoms with van der Waals surface area (Å²) in [5, 5.41) is 9.68. The highest BCUT2D eigenvalue weighted by atomic mass is 16.7. The van der Waals surface area contributed by atoms with Crippen molar-refractivity contribution in [2.24, 2.45) is 5.73 Å². The molecule has 2 aromatic carbocycles. The van der Waals surface area contributed by atoms with Crippen molar-refractivity contribution in [1.82, 2.24) is 0 Å². The minimum absolute atomic E-state index is 0.0677. The highest BCUT2D eigenvalue weighted by molar-refractivity contribution is 6.27. The van der Waals surface area contributed by atoms with Crippen LogP contribution in [0.4, 0.5) is 0 Å². The number of ether oxygens (including phenoxy) is 3.